The molecule has 1 fully saturated rings. The van der Waals surface area contributed by atoms with Crippen LogP contribution in [0, 0.1) is 11.3 Å². The van der Waals surface area contributed by atoms with Gasteiger partial charge in [0, 0.05) is 28.2 Å². The zero-order valence-electron chi connectivity index (χ0n) is 20.6. The van der Waals surface area contributed by atoms with Crippen molar-refractivity contribution in [3.8, 4) is 6.07 Å². The predicted octanol–water partition coefficient (Wildman–Crippen LogP) is 7.76. The van der Waals surface area contributed by atoms with Crippen LogP contribution in [0.3, 0.4) is 0 Å². The number of anilines is 2. The van der Waals surface area contributed by atoms with Gasteiger partial charge in [-0.3, -0.25) is 19.8 Å². The van der Waals surface area contributed by atoms with Crippen LogP contribution >= 0.6 is 57.9 Å². The standard InChI is InChI=1S/C29H19Cl3N4O2S2/c30-19-6-4-5-17(11-19)12-21-16-34-29(39-21)35-26(37)22(15-33)28-36(20-7-2-1-3-8-20)27(38)25(40-28)14-18-9-10-23(31)24(32)13-18/h1-11,13,16,25H,12,14H2,(H,34,35,37)/b28-22-. The molecule has 1 N–H and O–H groups in total. The first kappa shape index (κ1) is 28.2. The maximum absolute atomic E-state index is 13.6. The van der Waals surface area contributed by atoms with E-state index < -0.39 is 11.2 Å². The molecule has 200 valence electrons. The number of carbonyl (C=O) groups is 2. The number of carbonyl (C=O) groups excluding carboxylic acids is 2. The maximum Gasteiger partial charge on any atom is 0.270 e. The Hall–Kier alpha value is -3.32. The molecule has 0 radical (unpaired) electrons. The molecule has 11 heteroatoms. The summed E-state index contributed by atoms with van der Waals surface area (Å²) in [6.07, 6.45) is 2.62. The molecular formula is C29H19Cl3N4O2S2. The Kier molecular flexibility index (Phi) is 8.79. The molecule has 6 nitrogen and oxygen atoms in total. The fourth-order valence-electron chi connectivity index (χ4n) is 4.13. The number of nitriles is 1. The number of nitrogens with one attached hydrogen (secondary N) is 1. The Balaban J connectivity index is 1.41. The molecule has 2 amide bonds. The lowest BCUT2D eigenvalue weighted by molar-refractivity contribution is -0.117. The van der Waals surface area contributed by atoms with Gasteiger partial charge in [0.2, 0.25) is 5.91 Å². The topological polar surface area (TPSA) is 86.1 Å². The van der Waals surface area contributed by atoms with E-state index in [9.17, 15) is 14.9 Å². The quantitative estimate of drug-likeness (QED) is 0.168. The third kappa shape index (κ3) is 6.35. The summed E-state index contributed by atoms with van der Waals surface area (Å²) in [6.45, 7) is 0. The van der Waals surface area contributed by atoms with Gasteiger partial charge in [-0.05, 0) is 53.9 Å². The maximum atomic E-state index is 13.6. The lowest BCUT2D eigenvalue weighted by Gasteiger charge is -2.18. The average Bonchev–Trinajstić information content (AvgIpc) is 3.50. The van der Waals surface area contributed by atoms with E-state index in [1.807, 2.05) is 30.3 Å². The summed E-state index contributed by atoms with van der Waals surface area (Å²) in [5.74, 6) is -0.881. The number of hydrogen-bond donors (Lipinski definition) is 1. The zero-order valence-corrected chi connectivity index (χ0v) is 24.5. The first-order chi connectivity index (χ1) is 19.3. The van der Waals surface area contributed by atoms with Crippen molar-refractivity contribution in [1.82, 2.24) is 4.98 Å². The highest BCUT2D eigenvalue weighted by Gasteiger charge is 2.41. The second kappa shape index (κ2) is 12.5. The smallest absolute Gasteiger partial charge is 0.270 e. The fourth-order valence-corrected chi connectivity index (χ4v) is 6.82. The van der Waals surface area contributed by atoms with Crippen LogP contribution in [-0.4, -0.2) is 22.0 Å². The van der Waals surface area contributed by atoms with Crippen molar-refractivity contribution in [2.75, 3.05) is 10.2 Å². The minimum Gasteiger partial charge on any atom is -0.297 e. The average molecular weight is 626 g/mol. The number of halogens is 3. The first-order valence-electron chi connectivity index (χ1n) is 12.0. The van der Waals surface area contributed by atoms with Crippen LogP contribution in [0.4, 0.5) is 10.8 Å². The molecule has 0 aliphatic carbocycles. The Morgan fingerprint density at radius 3 is 2.52 bits per heavy atom. The molecule has 4 aromatic rings. The molecule has 1 atom stereocenters. The van der Waals surface area contributed by atoms with Crippen molar-refractivity contribution in [3.05, 3.63) is 121 Å². The number of benzene rings is 3. The van der Waals surface area contributed by atoms with Crippen molar-refractivity contribution >= 4 is 80.5 Å². The molecule has 3 aromatic carbocycles. The van der Waals surface area contributed by atoms with E-state index in [4.69, 9.17) is 34.8 Å². The number of rotatable bonds is 7. The van der Waals surface area contributed by atoms with Crippen LogP contribution in [0.5, 0.6) is 0 Å². The highest BCUT2D eigenvalue weighted by Crippen LogP contribution is 2.42. The summed E-state index contributed by atoms with van der Waals surface area (Å²) < 4.78 is 0. The number of para-hydroxylation sites is 1. The lowest BCUT2D eigenvalue weighted by atomic mass is 10.1. The Bertz CT molecular complexity index is 1670. The molecule has 1 aliphatic rings. The van der Waals surface area contributed by atoms with E-state index in [1.165, 1.54) is 28.0 Å². The van der Waals surface area contributed by atoms with Gasteiger partial charge in [0.05, 0.1) is 15.3 Å². The van der Waals surface area contributed by atoms with E-state index in [0.717, 1.165) is 16.0 Å². The molecule has 1 saturated heterocycles. The fraction of sp³-hybridized carbons (Fsp3) is 0.103. The summed E-state index contributed by atoms with van der Waals surface area (Å²) in [5.41, 5.74) is 2.21. The Morgan fingerprint density at radius 2 is 1.80 bits per heavy atom. The molecule has 40 heavy (non-hydrogen) atoms. The van der Waals surface area contributed by atoms with Gasteiger partial charge in [-0.1, -0.05) is 83.0 Å². The van der Waals surface area contributed by atoms with E-state index in [-0.39, 0.29) is 16.5 Å². The minimum absolute atomic E-state index is 0.176. The highest BCUT2D eigenvalue weighted by molar-refractivity contribution is 8.05. The van der Waals surface area contributed by atoms with E-state index in [0.29, 0.717) is 38.7 Å². The van der Waals surface area contributed by atoms with Gasteiger partial charge in [-0.25, -0.2) is 4.98 Å². The Labute approximate surface area is 254 Å². The molecule has 1 unspecified atom stereocenters. The van der Waals surface area contributed by atoms with Crippen LogP contribution in [0.15, 0.2) is 89.6 Å². The van der Waals surface area contributed by atoms with Gasteiger partial charge < -0.3 is 0 Å². The predicted molar refractivity (Wildman–Crippen MR) is 163 cm³/mol. The molecule has 1 aliphatic heterocycles. The molecule has 5 rings (SSSR count). The summed E-state index contributed by atoms with van der Waals surface area (Å²) in [4.78, 5) is 33.6. The van der Waals surface area contributed by atoms with Gasteiger partial charge in [0.25, 0.3) is 5.91 Å². The minimum atomic E-state index is -0.641. The Morgan fingerprint density at radius 1 is 1.00 bits per heavy atom. The van der Waals surface area contributed by atoms with Crippen molar-refractivity contribution in [2.45, 2.75) is 18.1 Å². The van der Waals surface area contributed by atoms with Crippen LogP contribution in [0.1, 0.15) is 16.0 Å². The number of nitrogens with zero attached hydrogens (tertiary/aromatic N) is 3. The molecule has 0 saturated carbocycles. The number of thiazole rings is 1. The van der Waals surface area contributed by atoms with Gasteiger partial charge in [-0.2, -0.15) is 5.26 Å². The molecule has 1 aromatic heterocycles. The van der Waals surface area contributed by atoms with Crippen molar-refractivity contribution < 1.29 is 9.59 Å². The number of aromatic nitrogens is 1. The highest BCUT2D eigenvalue weighted by atomic mass is 35.5. The lowest BCUT2D eigenvalue weighted by Crippen LogP contribution is -2.30. The van der Waals surface area contributed by atoms with Crippen LogP contribution in [0.25, 0.3) is 0 Å². The summed E-state index contributed by atoms with van der Waals surface area (Å²) >= 11 is 20.8. The normalized spacial score (nSPS) is 16.1. The summed E-state index contributed by atoms with van der Waals surface area (Å²) in [5, 5.41) is 14.3. The van der Waals surface area contributed by atoms with E-state index in [2.05, 4.69) is 10.3 Å². The van der Waals surface area contributed by atoms with Crippen LogP contribution < -0.4 is 10.2 Å². The summed E-state index contributed by atoms with van der Waals surface area (Å²) in [6, 6.07) is 23.7. The monoisotopic (exact) mass is 624 g/mol. The largest absolute Gasteiger partial charge is 0.297 e. The van der Waals surface area contributed by atoms with Crippen LogP contribution in [-0.2, 0) is 22.4 Å². The third-order valence-corrected chi connectivity index (χ3v) is 9.12. The second-order valence-corrected chi connectivity index (χ2v) is 12.3. The second-order valence-electron chi connectivity index (χ2n) is 8.75. The molecular weight excluding hydrogens is 607 g/mol. The number of hydrogen-bond acceptors (Lipinski definition) is 6. The van der Waals surface area contributed by atoms with Crippen molar-refractivity contribution in [1.29, 1.82) is 5.26 Å². The van der Waals surface area contributed by atoms with Crippen molar-refractivity contribution in [2.24, 2.45) is 0 Å². The molecule has 0 spiro atoms. The van der Waals surface area contributed by atoms with Gasteiger partial charge in [0.15, 0.2) is 5.13 Å². The molecule has 0 bridgehead atoms. The number of amides is 2. The number of thioether (sulfide) groups is 1. The van der Waals surface area contributed by atoms with Gasteiger partial charge >= 0.3 is 0 Å². The molecule has 2 heterocycles. The SMILES string of the molecule is N#C/C(C(=O)Nc1ncc(Cc2cccc(Cl)c2)s1)=C1/SC(Cc2ccc(Cl)c(Cl)c2)C(=O)N1c1ccccc1. The first-order valence-corrected chi connectivity index (χ1v) is 14.8. The van der Waals surface area contributed by atoms with Gasteiger partial charge in [0.1, 0.15) is 16.7 Å². The van der Waals surface area contributed by atoms with E-state index in [1.54, 1.807) is 54.7 Å². The summed E-state index contributed by atoms with van der Waals surface area (Å²) in [7, 11) is 0. The zero-order chi connectivity index (χ0) is 28.2. The van der Waals surface area contributed by atoms with Crippen molar-refractivity contribution in [3.63, 3.8) is 0 Å². The van der Waals surface area contributed by atoms with Crippen LogP contribution in [0.2, 0.25) is 15.1 Å². The van der Waals surface area contributed by atoms with E-state index >= 15 is 0 Å². The van der Waals surface area contributed by atoms with Gasteiger partial charge in [-0.15, -0.1) is 11.3 Å². The third-order valence-electron chi connectivity index (χ3n) is 5.97.